The highest BCUT2D eigenvalue weighted by atomic mass is 79.9. The van der Waals surface area contributed by atoms with E-state index in [0.29, 0.717) is 27.4 Å². The van der Waals surface area contributed by atoms with Crippen LogP contribution in [-0.2, 0) is 0 Å². The summed E-state index contributed by atoms with van der Waals surface area (Å²) in [7, 11) is 1.53. The summed E-state index contributed by atoms with van der Waals surface area (Å²) in [5, 5.41) is 7.82. The van der Waals surface area contributed by atoms with Crippen LogP contribution in [0.2, 0.25) is 0 Å². The van der Waals surface area contributed by atoms with E-state index in [4.69, 9.17) is 21.4 Å². The number of fused-ring (bicyclic) bond motifs is 2. The zero-order valence-electron chi connectivity index (χ0n) is 18.9. The maximum absolute atomic E-state index is 13.1. The Balaban J connectivity index is 1.36. The predicted octanol–water partition coefficient (Wildman–Crippen LogP) is 6.85. The van der Waals surface area contributed by atoms with Crippen molar-refractivity contribution in [3.05, 3.63) is 88.4 Å². The molecule has 0 saturated carbocycles. The van der Waals surface area contributed by atoms with Crippen LogP contribution in [-0.4, -0.2) is 23.1 Å². The number of thiocarbonyl (C=S) groups is 1. The molecule has 8 heteroatoms. The fourth-order valence-electron chi connectivity index (χ4n) is 3.88. The van der Waals surface area contributed by atoms with E-state index >= 15 is 0 Å². The van der Waals surface area contributed by atoms with Crippen LogP contribution in [0.4, 0.5) is 5.69 Å². The van der Waals surface area contributed by atoms with Crippen molar-refractivity contribution >= 4 is 66.7 Å². The number of oxazole rings is 1. The Bertz CT molecular complexity index is 1610. The van der Waals surface area contributed by atoms with Crippen LogP contribution in [0.1, 0.15) is 15.9 Å². The molecule has 0 aliphatic rings. The van der Waals surface area contributed by atoms with Crippen molar-refractivity contribution in [1.29, 1.82) is 0 Å². The second-order valence-electron chi connectivity index (χ2n) is 7.97. The zero-order chi connectivity index (χ0) is 24.5. The van der Waals surface area contributed by atoms with E-state index in [9.17, 15) is 4.79 Å². The molecule has 1 heterocycles. The maximum Gasteiger partial charge on any atom is 0.261 e. The van der Waals surface area contributed by atoms with Crippen molar-refractivity contribution in [2.24, 2.45) is 0 Å². The molecule has 0 bridgehead atoms. The van der Waals surface area contributed by atoms with Gasteiger partial charge in [-0.15, -0.1) is 0 Å². The van der Waals surface area contributed by atoms with Gasteiger partial charge in [0.25, 0.3) is 5.91 Å². The number of nitrogens with zero attached hydrogens (tertiary/aromatic N) is 1. The van der Waals surface area contributed by atoms with Crippen molar-refractivity contribution in [2.45, 2.75) is 6.92 Å². The van der Waals surface area contributed by atoms with Gasteiger partial charge in [-0.25, -0.2) is 4.98 Å². The molecule has 5 rings (SSSR count). The number of hydrogen-bond acceptors (Lipinski definition) is 5. The summed E-state index contributed by atoms with van der Waals surface area (Å²) >= 11 is 8.97. The number of ether oxygens (including phenoxy) is 1. The van der Waals surface area contributed by atoms with Gasteiger partial charge in [0.1, 0.15) is 11.3 Å². The van der Waals surface area contributed by atoms with E-state index < -0.39 is 0 Å². The van der Waals surface area contributed by atoms with E-state index in [0.717, 1.165) is 33.0 Å². The van der Waals surface area contributed by atoms with Gasteiger partial charge in [-0.1, -0.05) is 36.4 Å². The van der Waals surface area contributed by atoms with E-state index in [1.54, 1.807) is 6.07 Å². The second-order valence-corrected chi connectivity index (χ2v) is 9.17. The number of rotatable bonds is 4. The summed E-state index contributed by atoms with van der Waals surface area (Å²) in [6, 6.07) is 22.9. The van der Waals surface area contributed by atoms with Gasteiger partial charge >= 0.3 is 0 Å². The number of halogens is 1. The molecule has 1 amide bonds. The van der Waals surface area contributed by atoms with Crippen molar-refractivity contribution in [3.63, 3.8) is 0 Å². The number of anilines is 1. The molecule has 1 aromatic heterocycles. The lowest BCUT2D eigenvalue weighted by Gasteiger charge is -2.14. The molecule has 0 fully saturated rings. The largest absolute Gasteiger partial charge is 0.495 e. The molecule has 35 heavy (non-hydrogen) atoms. The zero-order valence-corrected chi connectivity index (χ0v) is 21.3. The smallest absolute Gasteiger partial charge is 0.261 e. The standard InChI is InChI=1S/C27H20BrN3O3S/c1-15-10-11-22-21(12-15)30-26(34-22)17-7-5-8-18(13-17)29-27(35)31-25(32)20-14-16-6-3-4-9-19(16)23(28)24(20)33-2/h3-14H,1-2H3,(H2,29,31,32,35). The molecule has 0 saturated heterocycles. The molecule has 0 radical (unpaired) electrons. The number of aromatic nitrogens is 1. The van der Waals surface area contributed by atoms with Crippen molar-refractivity contribution < 1.29 is 13.9 Å². The Morgan fingerprint density at radius 1 is 1.06 bits per heavy atom. The quantitative estimate of drug-likeness (QED) is 0.240. The summed E-state index contributed by atoms with van der Waals surface area (Å²) in [4.78, 5) is 17.7. The highest BCUT2D eigenvalue weighted by molar-refractivity contribution is 9.10. The third-order valence-electron chi connectivity index (χ3n) is 5.53. The minimum atomic E-state index is -0.378. The predicted molar refractivity (Wildman–Crippen MR) is 146 cm³/mol. The summed E-state index contributed by atoms with van der Waals surface area (Å²) in [5.41, 5.74) is 4.50. The third-order valence-corrected chi connectivity index (χ3v) is 6.52. The number of carbonyl (C=O) groups is 1. The van der Waals surface area contributed by atoms with E-state index in [2.05, 4.69) is 31.5 Å². The van der Waals surface area contributed by atoms with Crippen LogP contribution in [0.25, 0.3) is 33.3 Å². The Labute approximate surface area is 215 Å². The number of benzene rings is 4. The molecule has 2 N–H and O–H groups in total. The summed E-state index contributed by atoms with van der Waals surface area (Å²) in [5.74, 6) is 0.573. The molecule has 0 aliphatic carbocycles. The second kappa shape index (κ2) is 9.48. The maximum atomic E-state index is 13.1. The van der Waals surface area contributed by atoms with Gasteiger partial charge in [-0.3, -0.25) is 10.1 Å². The molecule has 4 aromatic carbocycles. The van der Waals surface area contributed by atoms with Crippen LogP contribution < -0.4 is 15.4 Å². The topological polar surface area (TPSA) is 76.4 Å². The van der Waals surface area contributed by atoms with E-state index in [-0.39, 0.29) is 11.0 Å². The molecular formula is C27H20BrN3O3S. The van der Waals surface area contributed by atoms with Gasteiger partial charge in [0.05, 0.1) is 17.1 Å². The van der Waals surface area contributed by atoms with Gasteiger partial charge in [-0.05, 0) is 87.8 Å². The lowest BCUT2D eigenvalue weighted by Crippen LogP contribution is -2.34. The van der Waals surface area contributed by atoms with E-state index in [1.165, 1.54) is 7.11 Å². The lowest BCUT2D eigenvalue weighted by molar-refractivity contribution is 0.0975. The SMILES string of the molecule is COc1c(C(=O)NC(=S)Nc2cccc(-c3nc4cc(C)ccc4o3)c2)cc2ccccc2c1Br. The normalized spacial score (nSPS) is 10.9. The minimum absolute atomic E-state index is 0.159. The summed E-state index contributed by atoms with van der Waals surface area (Å²) in [6.07, 6.45) is 0. The number of nitrogens with one attached hydrogen (secondary N) is 2. The Morgan fingerprint density at radius 3 is 2.71 bits per heavy atom. The monoisotopic (exact) mass is 545 g/mol. The fraction of sp³-hybridized carbons (Fsp3) is 0.0741. The van der Waals surface area contributed by atoms with Crippen LogP contribution in [0.15, 0.2) is 81.7 Å². The van der Waals surface area contributed by atoms with Gasteiger partial charge in [0.2, 0.25) is 5.89 Å². The van der Waals surface area contributed by atoms with Gasteiger partial charge in [0, 0.05) is 11.3 Å². The number of aryl methyl sites for hydroxylation is 1. The average Bonchev–Trinajstić information content (AvgIpc) is 3.27. The molecule has 0 spiro atoms. The van der Waals surface area contributed by atoms with Gasteiger partial charge in [0.15, 0.2) is 10.7 Å². The molecular weight excluding hydrogens is 526 g/mol. The fourth-order valence-corrected chi connectivity index (χ4v) is 4.82. The Kier molecular flexibility index (Phi) is 6.23. The highest BCUT2D eigenvalue weighted by Gasteiger charge is 2.19. The average molecular weight is 546 g/mol. The first kappa shape index (κ1) is 23.0. The van der Waals surface area contributed by atoms with Crippen molar-refractivity contribution in [1.82, 2.24) is 10.3 Å². The Hall–Kier alpha value is -3.75. The first-order valence-corrected chi connectivity index (χ1v) is 12.0. The Morgan fingerprint density at radius 2 is 1.89 bits per heavy atom. The van der Waals surface area contributed by atoms with Gasteiger partial charge < -0.3 is 14.5 Å². The summed E-state index contributed by atoms with van der Waals surface area (Å²) in [6.45, 7) is 2.01. The van der Waals surface area contributed by atoms with Crippen molar-refractivity contribution in [2.75, 3.05) is 12.4 Å². The molecule has 174 valence electrons. The van der Waals surface area contributed by atoms with Crippen molar-refractivity contribution in [3.8, 4) is 17.2 Å². The first-order chi connectivity index (χ1) is 16.9. The number of hydrogen-bond donors (Lipinski definition) is 2. The first-order valence-electron chi connectivity index (χ1n) is 10.8. The molecule has 0 unspecified atom stereocenters. The van der Waals surface area contributed by atoms with Crippen LogP contribution in [0, 0.1) is 6.92 Å². The van der Waals surface area contributed by atoms with Crippen LogP contribution in [0.5, 0.6) is 5.75 Å². The van der Waals surface area contributed by atoms with E-state index in [1.807, 2.05) is 73.7 Å². The molecule has 6 nitrogen and oxygen atoms in total. The lowest BCUT2D eigenvalue weighted by atomic mass is 10.1. The van der Waals surface area contributed by atoms with Crippen LogP contribution >= 0.6 is 28.1 Å². The van der Waals surface area contributed by atoms with Crippen LogP contribution in [0.3, 0.4) is 0 Å². The molecule has 5 aromatic rings. The number of methoxy groups -OCH3 is 1. The third kappa shape index (κ3) is 4.62. The highest BCUT2D eigenvalue weighted by Crippen LogP contribution is 2.36. The molecule has 0 atom stereocenters. The number of amides is 1. The van der Waals surface area contributed by atoms with Gasteiger partial charge in [-0.2, -0.15) is 0 Å². The number of carbonyl (C=O) groups excluding carboxylic acids is 1. The minimum Gasteiger partial charge on any atom is -0.495 e. The molecule has 0 aliphatic heterocycles. The summed E-state index contributed by atoms with van der Waals surface area (Å²) < 4.78 is 12.1.